The Morgan fingerprint density at radius 2 is 2.33 bits per heavy atom. The lowest BCUT2D eigenvalue weighted by Crippen LogP contribution is -2.55. The number of halogens is 1. The summed E-state index contributed by atoms with van der Waals surface area (Å²) in [4.78, 5) is 18.7. The third-order valence-electron chi connectivity index (χ3n) is 4.67. The number of nitrogens with zero attached hydrogens (tertiary/aromatic N) is 2. The van der Waals surface area contributed by atoms with Gasteiger partial charge in [0.15, 0.2) is 12.1 Å². The summed E-state index contributed by atoms with van der Waals surface area (Å²) >= 11 is 0. The summed E-state index contributed by atoms with van der Waals surface area (Å²) in [5, 5.41) is 3.08. The fraction of sp³-hybridized carbons (Fsp3) is 0.444. The molecule has 0 saturated carbocycles. The topological polar surface area (TPSA) is 58.4 Å². The molecule has 0 radical (unpaired) electrons. The maximum Gasteiger partial charge on any atom is 0.273 e. The molecule has 1 aliphatic rings. The number of rotatable bonds is 4. The average molecular weight is 331 g/mol. The molecule has 1 saturated heterocycles. The average Bonchev–Trinajstić information content (AvgIpc) is 2.97. The van der Waals surface area contributed by atoms with Crippen molar-refractivity contribution < 1.29 is 13.6 Å². The fourth-order valence-electron chi connectivity index (χ4n) is 3.36. The van der Waals surface area contributed by atoms with E-state index in [1.54, 1.807) is 19.1 Å². The van der Waals surface area contributed by atoms with Crippen molar-refractivity contribution in [1.29, 1.82) is 0 Å². The lowest BCUT2D eigenvalue weighted by Gasteiger charge is -2.39. The number of amides is 1. The molecule has 1 amide bonds. The zero-order valence-electron chi connectivity index (χ0n) is 14.0. The second-order valence-corrected chi connectivity index (χ2v) is 6.36. The number of hydrogen-bond acceptors (Lipinski definition) is 4. The largest absolute Gasteiger partial charge is 0.448 e. The zero-order valence-corrected chi connectivity index (χ0v) is 14.0. The number of aryl methyl sites for hydroxylation is 1. The number of carbonyl (C=O) groups is 1. The van der Waals surface area contributed by atoms with E-state index in [2.05, 4.69) is 15.2 Å². The molecule has 2 heterocycles. The molecule has 128 valence electrons. The molecule has 2 aromatic rings. The highest BCUT2D eigenvalue weighted by Crippen LogP contribution is 2.21. The minimum Gasteiger partial charge on any atom is -0.448 e. The third-order valence-corrected chi connectivity index (χ3v) is 4.67. The van der Waals surface area contributed by atoms with E-state index in [0.29, 0.717) is 17.9 Å². The highest BCUT2D eigenvalue weighted by Gasteiger charge is 2.31. The van der Waals surface area contributed by atoms with E-state index >= 15 is 0 Å². The van der Waals surface area contributed by atoms with Crippen LogP contribution in [0.25, 0.3) is 0 Å². The first-order valence-corrected chi connectivity index (χ1v) is 8.20. The Kier molecular flexibility index (Phi) is 4.94. The van der Waals surface area contributed by atoms with Gasteiger partial charge in [-0.25, -0.2) is 9.37 Å². The van der Waals surface area contributed by atoms with Gasteiger partial charge in [-0.1, -0.05) is 12.1 Å². The van der Waals surface area contributed by atoms with Gasteiger partial charge in [-0.15, -0.1) is 0 Å². The first kappa shape index (κ1) is 16.6. The Hall–Kier alpha value is -2.21. The third kappa shape index (κ3) is 3.64. The molecular formula is C18H22FN3O2. The van der Waals surface area contributed by atoms with Crippen molar-refractivity contribution >= 4 is 5.91 Å². The summed E-state index contributed by atoms with van der Waals surface area (Å²) in [7, 11) is 2.05. The van der Waals surface area contributed by atoms with Crippen LogP contribution in [0.15, 0.2) is 35.1 Å². The first-order chi connectivity index (χ1) is 11.5. The van der Waals surface area contributed by atoms with Crippen molar-refractivity contribution in [3.05, 3.63) is 53.5 Å². The molecule has 24 heavy (non-hydrogen) atoms. The van der Waals surface area contributed by atoms with E-state index in [4.69, 9.17) is 4.42 Å². The molecule has 0 aliphatic carbocycles. The van der Waals surface area contributed by atoms with Gasteiger partial charge in [0.25, 0.3) is 5.91 Å². The van der Waals surface area contributed by atoms with Crippen LogP contribution in [0.1, 0.15) is 34.7 Å². The van der Waals surface area contributed by atoms with E-state index in [0.717, 1.165) is 24.9 Å². The monoisotopic (exact) mass is 331 g/mol. The normalized spacial score (nSPS) is 21.6. The molecule has 1 aromatic heterocycles. The molecule has 1 fully saturated rings. The van der Waals surface area contributed by atoms with Crippen LogP contribution in [0.5, 0.6) is 0 Å². The van der Waals surface area contributed by atoms with Crippen molar-refractivity contribution in [2.24, 2.45) is 0 Å². The molecule has 6 heteroatoms. The summed E-state index contributed by atoms with van der Waals surface area (Å²) in [5.74, 6) is 0.0638. The minimum absolute atomic E-state index is 0.00406. The van der Waals surface area contributed by atoms with Crippen molar-refractivity contribution in [2.75, 3.05) is 13.6 Å². The van der Waals surface area contributed by atoms with Gasteiger partial charge < -0.3 is 14.6 Å². The van der Waals surface area contributed by atoms with Crippen molar-refractivity contribution in [3.63, 3.8) is 0 Å². The Bertz CT molecular complexity index is 716. The predicted molar refractivity (Wildman–Crippen MR) is 88.3 cm³/mol. The highest BCUT2D eigenvalue weighted by atomic mass is 19.1. The van der Waals surface area contributed by atoms with Crippen molar-refractivity contribution in [2.45, 2.75) is 38.3 Å². The second kappa shape index (κ2) is 7.13. The summed E-state index contributed by atoms with van der Waals surface area (Å²) in [6, 6.07) is 6.77. The van der Waals surface area contributed by atoms with E-state index in [-0.39, 0.29) is 23.8 Å². The SMILES string of the molecule is Cc1ocnc1C(=O)N[C@H]1CCCN(C)[C@H]1Cc1cccc(F)c1. The Labute approximate surface area is 140 Å². The number of oxazole rings is 1. The lowest BCUT2D eigenvalue weighted by atomic mass is 9.91. The molecule has 1 aliphatic heterocycles. The Balaban J connectivity index is 1.74. The van der Waals surface area contributed by atoms with Gasteiger partial charge in [0, 0.05) is 12.1 Å². The van der Waals surface area contributed by atoms with Crippen LogP contribution < -0.4 is 5.32 Å². The van der Waals surface area contributed by atoms with Crippen LogP contribution in [0.4, 0.5) is 4.39 Å². The predicted octanol–water partition coefficient (Wildman–Crippen LogP) is 2.56. The maximum absolute atomic E-state index is 13.5. The summed E-state index contributed by atoms with van der Waals surface area (Å²) in [6.07, 6.45) is 3.88. The van der Waals surface area contributed by atoms with Gasteiger partial charge in [-0.05, 0) is 57.5 Å². The minimum atomic E-state index is -0.232. The van der Waals surface area contributed by atoms with Crippen molar-refractivity contribution in [3.8, 4) is 0 Å². The molecular weight excluding hydrogens is 309 g/mol. The number of hydrogen-bond donors (Lipinski definition) is 1. The lowest BCUT2D eigenvalue weighted by molar-refractivity contribution is 0.0846. The molecule has 1 N–H and O–H groups in total. The molecule has 0 spiro atoms. The van der Waals surface area contributed by atoms with E-state index < -0.39 is 0 Å². The fourth-order valence-corrected chi connectivity index (χ4v) is 3.36. The quantitative estimate of drug-likeness (QED) is 0.935. The van der Waals surface area contributed by atoms with Gasteiger partial charge in [0.05, 0.1) is 0 Å². The summed E-state index contributed by atoms with van der Waals surface area (Å²) < 4.78 is 18.6. The smallest absolute Gasteiger partial charge is 0.273 e. The summed E-state index contributed by atoms with van der Waals surface area (Å²) in [5.41, 5.74) is 1.26. The van der Waals surface area contributed by atoms with Crippen LogP contribution >= 0.6 is 0 Å². The first-order valence-electron chi connectivity index (χ1n) is 8.20. The molecule has 1 aromatic carbocycles. The number of aromatic nitrogens is 1. The van der Waals surface area contributed by atoms with Gasteiger partial charge in [0.1, 0.15) is 11.6 Å². The highest BCUT2D eigenvalue weighted by molar-refractivity contribution is 5.93. The van der Waals surface area contributed by atoms with Crippen LogP contribution in [0.3, 0.4) is 0 Å². The van der Waals surface area contributed by atoms with Crippen LogP contribution in [-0.4, -0.2) is 41.5 Å². The number of carbonyl (C=O) groups excluding carboxylic acids is 1. The van der Waals surface area contributed by atoms with Crippen LogP contribution in [0, 0.1) is 12.7 Å². The molecule has 0 bridgehead atoms. The second-order valence-electron chi connectivity index (χ2n) is 6.36. The van der Waals surface area contributed by atoms with Crippen molar-refractivity contribution in [1.82, 2.24) is 15.2 Å². The van der Waals surface area contributed by atoms with Gasteiger partial charge >= 0.3 is 0 Å². The van der Waals surface area contributed by atoms with E-state index in [9.17, 15) is 9.18 Å². The van der Waals surface area contributed by atoms with Gasteiger partial charge in [0.2, 0.25) is 0 Å². The molecule has 5 nitrogen and oxygen atoms in total. The van der Waals surface area contributed by atoms with Gasteiger partial charge in [-0.2, -0.15) is 0 Å². The maximum atomic E-state index is 13.5. The zero-order chi connectivity index (χ0) is 17.1. The number of likely N-dealkylation sites (tertiary alicyclic amines) is 1. The number of benzene rings is 1. The van der Waals surface area contributed by atoms with E-state index in [1.807, 2.05) is 13.1 Å². The van der Waals surface area contributed by atoms with Gasteiger partial charge in [-0.3, -0.25) is 4.79 Å². The molecule has 3 rings (SSSR count). The molecule has 2 atom stereocenters. The van der Waals surface area contributed by atoms with E-state index in [1.165, 1.54) is 12.5 Å². The number of likely N-dealkylation sites (N-methyl/N-ethyl adjacent to an activating group) is 1. The number of nitrogens with one attached hydrogen (secondary N) is 1. The molecule has 0 unspecified atom stereocenters. The van der Waals surface area contributed by atoms with Crippen LogP contribution in [0.2, 0.25) is 0 Å². The Morgan fingerprint density at radius 1 is 1.50 bits per heavy atom. The summed E-state index contributed by atoms with van der Waals surface area (Å²) in [6.45, 7) is 2.69. The Morgan fingerprint density at radius 3 is 3.04 bits per heavy atom. The number of piperidine rings is 1. The standard InChI is InChI=1S/C18H22FN3O2/c1-12-17(20-11-24-12)18(23)21-15-7-4-8-22(2)16(15)10-13-5-3-6-14(19)9-13/h3,5-6,9,11,15-16H,4,7-8,10H2,1-2H3,(H,21,23)/t15-,16-/m0/s1. The van der Waals surface area contributed by atoms with Crippen LogP contribution in [-0.2, 0) is 6.42 Å².